The Kier molecular flexibility index (Phi) is 8.82. The Morgan fingerprint density at radius 2 is 1.41 bits per heavy atom. The molecule has 0 saturated carbocycles. The van der Waals surface area contributed by atoms with E-state index in [4.69, 9.17) is 30.8 Å². The van der Waals surface area contributed by atoms with Gasteiger partial charge in [-0.05, 0) is 6.92 Å². The predicted molar refractivity (Wildman–Crippen MR) is 119 cm³/mol. The number of hydrogen-bond acceptors (Lipinski definition) is 13. The molecule has 2 saturated heterocycles. The summed E-state index contributed by atoms with van der Waals surface area (Å²) in [5.41, 5.74) is 10.3. The van der Waals surface area contributed by atoms with Gasteiger partial charge in [-0.3, -0.25) is 14.2 Å². The lowest BCUT2D eigenvalue weighted by Gasteiger charge is -2.17. The molecule has 0 bridgehead atoms. The van der Waals surface area contributed by atoms with Crippen LogP contribution in [0.4, 0.5) is 0 Å². The van der Waals surface area contributed by atoms with E-state index < -0.39 is 73.4 Å². The van der Waals surface area contributed by atoms with Crippen LogP contribution in [0.1, 0.15) is 39.1 Å². The number of primary amides is 2. The first-order valence-electron chi connectivity index (χ1n) is 11.0. The van der Waals surface area contributed by atoms with Crippen molar-refractivity contribution in [1.82, 2.24) is 19.1 Å². The number of imidazole rings is 2. The maximum atomic E-state index is 11.1. The molecule has 17 nitrogen and oxygen atoms in total. The number of methoxy groups -OCH3 is 1. The second-order valence-electron chi connectivity index (χ2n) is 8.37. The maximum absolute atomic E-state index is 11.1. The van der Waals surface area contributed by atoms with Crippen molar-refractivity contribution in [3.05, 3.63) is 29.7 Å². The van der Waals surface area contributed by atoms with E-state index in [2.05, 4.69) is 9.97 Å². The van der Waals surface area contributed by atoms with Crippen LogP contribution in [-0.4, -0.2) is 119 Å². The summed E-state index contributed by atoms with van der Waals surface area (Å²) in [6, 6.07) is 0. The molecule has 2 aromatic rings. The molecule has 10 N–H and O–H groups in total. The number of nitrogens with two attached hydrogens (primary N) is 2. The van der Waals surface area contributed by atoms with Crippen molar-refractivity contribution >= 4 is 11.8 Å². The van der Waals surface area contributed by atoms with Crippen LogP contribution in [0.25, 0.3) is 0 Å². The highest BCUT2D eigenvalue weighted by Crippen LogP contribution is 2.33. The second-order valence-corrected chi connectivity index (χ2v) is 8.37. The van der Waals surface area contributed by atoms with Crippen LogP contribution < -0.4 is 11.5 Å². The quantitative estimate of drug-likeness (QED) is 0.169. The van der Waals surface area contributed by atoms with Crippen LogP contribution >= 0.6 is 0 Å². The first-order chi connectivity index (χ1) is 17.4. The van der Waals surface area contributed by atoms with Gasteiger partial charge in [-0.15, -0.1) is 0 Å². The molecule has 0 aliphatic carbocycles. The zero-order valence-electron chi connectivity index (χ0n) is 19.9. The van der Waals surface area contributed by atoms with Crippen LogP contribution in [-0.2, 0) is 14.2 Å². The SMILES string of the molecule is COC[C@H]1O[C@@H](n2cnc(C(N)=O)c2O)[C@H](O)[C@@H]1O.Cc1c(C(N)=O)ncn1[C@@H]1O[C@H](CO)[C@@H](O)[C@H]1O. The molecule has 2 aromatic heterocycles. The van der Waals surface area contributed by atoms with Gasteiger partial charge in [-0.25, -0.2) is 9.97 Å². The van der Waals surface area contributed by atoms with Crippen LogP contribution in [0.5, 0.6) is 5.88 Å². The molecular formula is C20H30N6O11. The van der Waals surface area contributed by atoms with Crippen LogP contribution in [0.2, 0.25) is 0 Å². The van der Waals surface area contributed by atoms with Gasteiger partial charge in [0.25, 0.3) is 11.8 Å². The van der Waals surface area contributed by atoms with Gasteiger partial charge in [-0.2, -0.15) is 0 Å². The molecule has 206 valence electrons. The zero-order valence-corrected chi connectivity index (χ0v) is 19.9. The molecule has 2 fully saturated rings. The van der Waals surface area contributed by atoms with E-state index in [1.807, 2.05) is 0 Å². The van der Waals surface area contributed by atoms with Gasteiger partial charge in [0, 0.05) is 12.8 Å². The topological polar surface area (TPSA) is 271 Å². The van der Waals surface area contributed by atoms with Crippen LogP contribution in [0, 0.1) is 6.92 Å². The number of rotatable bonds is 7. The zero-order chi connectivity index (χ0) is 27.6. The fourth-order valence-corrected chi connectivity index (χ4v) is 4.01. The molecule has 8 atom stereocenters. The molecule has 2 amide bonds. The van der Waals surface area contributed by atoms with Crippen molar-refractivity contribution in [1.29, 1.82) is 0 Å². The van der Waals surface area contributed by atoms with Crippen molar-refractivity contribution in [2.45, 2.75) is 56.0 Å². The second kappa shape index (κ2) is 11.5. The van der Waals surface area contributed by atoms with E-state index in [1.165, 1.54) is 18.0 Å². The van der Waals surface area contributed by atoms with E-state index in [1.54, 1.807) is 6.92 Å². The third kappa shape index (κ3) is 5.43. The highest BCUT2D eigenvalue weighted by Gasteiger charge is 2.45. The number of amides is 2. The van der Waals surface area contributed by atoms with Crippen LogP contribution in [0.15, 0.2) is 12.7 Å². The van der Waals surface area contributed by atoms with Gasteiger partial charge in [0.15, 0.2) is 18.1 Å². The highest BCUT2D eigenvalue weighted by molar-refractivity contribution is 5.93. The summed E-state index contributed by atoms with van der Waals surface area (Å²) in [7, 11) is 1.43. The Balaban J connectivity index is 0.000000206. The third-order valence-electron chi connectivity index (χ3n) is 6.01. The summed E-state index contributed by atoms with van der Waals surface area (Å²) < 4.78 is 18.0. The van der Waals surface area contributed by atoms with E-state index >= 15 is 0 Å². The molecular weight excluding hydrogens is 500 g/mol. The molecule has 0 unspecified atom stereocenters. The van der Waals surface area contributed by atoms with Gasteiger partial charge in [0.05, 0.1) is 19.5 Å². The van der Waals surface area contributed by atoms with Crippen molar-refractivity contribution < 1.29 is 54.4 Å². The van der Waals surface area contributed by atoms with Gasteiger partial charge < -0.3 is 60.9 Å². The van der Waals surface area contributed by atoms with Crippen molar-refractivity contribution in [2.75, 3.05) is 20.3 Å². The standard InChI is InChI=1S/C10H15N3O6.C10H15N3O5/c1-18-2-4-6(14)7(15)10(19-4)13-3-12-5(8(11)16)9(13)17;1-4-6(9(11)17)12-3-13(4)10-8(16)7(15)5(2-14)18-10/h3-4,6-7,10,14-15,17H,2H2,1H3,(H2,11,16);3,5,7-8,10,14-16H,2H2,1H3,(H2,11,17)/t4-,6-,7-,10-;5-,7-,8-,10-/m11/s1. The molecule has 4 rings (SSSR count). The number of ether oxygens (including phenoxy) is 3. The largest absolute Gasteiger partial charge is 0.493 e. The number of nitrogens with zero attached hydrogens (tertiary/aromatic N) is 4. The summed E-state index contributed by atoms with van der Waals surface area (Å²) in [6.07, 6.45) is -6.07. The minimum atomic E-state index is -1.29. The molecule has 0 radical (unpaired) electrons. The van der Waals surface area contributed by atoms with Gasteiger partial charge in [0.2, 0.25) is 5.88 Å². The van der Waals surface area contributed by atoms with Crippen molar-refractivity contribution in [3.63, 3.8) is 0 Å². The molecule has 4 heterocycles. The Bertz CT molecular complexity index is 1110. The van der Waals surface area contributed by atoms with Gasteiger partial charge in [0.1, 0.15) is 48.6 Å². The minimum Gasteiger partial charge on any atom is -0.493 e. The van der Waals surface area contributed by atoms with Gasteiger partial charge >= 0.3 is 0 Å². The van der Waals surface area contributed by atoms with E-state index in [0.717, 1.165) is 10.9 Å². The predicted octanol–water partition coefficient (Wildman–Crippen LogP) is -4.14. The molecule has 17 heteroatoms. The Morgan fingerprint density at radius 1 is 0.919 bits per heavy atom. The summed E-state index contributed by atoms with van der Waals surface area (Å²) in [6.45, 7) is 1.26. The number of hydrogen-bond donors (Lipinski definition) is 8. The first kappa shape index (κ1) is 28.4. The van der Waals surface area contributed by atoms with E-state index in [0.29, 0.717) is 5.69 Å². The Morgan fingerprint density at radius 3 is 1.86 bits per heavy atom. The number of carbonyl (C=O) groups is 2. The van der Waals surface area contributed by atoms with Crippen molar-refractivity contribution in [2.24, 2.45) is 11.5 Å². The summed E-state index contributed by atoms with van der Waals surface area (Å²) in [5, 5.41) is 57.9. The normalized spacial score (nSPS) is 31.2. The first-order valence-corrected chi connectivity index (χ1v) is 11.0. The molecule has 37 heavy (non-hydrogen) atoms. The minimum absolute atomic E-state index is 0.0763. The average molecular weight is 530 g/mol. The summed E-state index contributed by atoms with van der Waals surface area (Å²) in [4.78, 5) is 29.5. The number of carbonyl (C=O) groups excluding carboxylic acids is 2. The number of aromatic hydroxyl groups is 1. The molecule has 2 aliphatic rings. The van der Waals surface area contributed by atoms with E-state index in [9.17, 15) is 35.1 Å². The fourth-order valence-electron chi connectivity index (χ4n) is 4.01. The monoisotopic (exact) mass is 530 g/mol. The number of aliphatic hydroxyl groups excluding tert-OH is 5. The number of aliphatic hydroxyl groups is 5. The molecule has 0 aromatic carbocycles. The van der Waals surface area contributed by atoms with Crippen LogP contribution in [0.3, 0.4) is 0 Å². The maximum Gasteiger partial charge on any atom is 0.272 e. The summed E-state index contributed by atoms with van der Waals surface area (Å²) >= 11 is 0. The lowest BCUT2D eigenvalue weighted by Crippen LogP contribution is -2.33. The van der Waals surface area contributed by atoms with Crippen molar-refractivity contribution in [3.8, 4) is 5.88 Å². The lowest BCUT2D eigenvalue weighted by molar-refractivity contribution is -0.0617. The van der Waals surface area contributed by atoms with E-state index in [-0.39, 0.29) is 18.0 Å². The Hall–Kier alpha value is -3.16. The fraction of sp³-hybridized carbons (Fsp3) is 0.600. The average Bonchev–Trinajstić information content (AvgIpc) is 3.57. The third-order valence-corrected chi connectivity index (χ3v) is 6.01. The lowest BCUT2D eigenvalue weighted by atomic mass is 10.1. The smallest absolute Gasteiger partial charge is 0.272 e. The number of aromatic nitrogens is 4. The van der Waals surface area contributed by atoms with Gasteiger partial charge in [-0.1, -0.05) is 0 Å². The molecule has 2 aliphatic heterocycles. The Labute approximate surface area is 209 Å². The highest BCUT2D eigenvalue weighted by atomic mass is 16.6. The summed E-state index contributed by atoms with van der Waals surface area (Å²) in [5.74, 6) is -2.11. The molecule has 0 spiro atoms.